The van der Waals surface area contributed by atoms with Crippen LogP contribution in [0, 0.1) is 16.2 Å². The second-order valence-electron chi connectivity index (χ2n) is 9.41. The molecular formula is C18H28O7. The van der Waals surface area contributed by atoms with E-state index in [0.29, 0.717) is 12.8 Å². The SMILES string of the molecule is CC(C)(C)CC1(C(=O)OC2C(=O)OC3C(O)C(O)OC23)CCC1(C)C. The van der Waals surface area contributed by atoms with E-state index in [1.54, 1.807) is 0 Å². The topological polar surface area (TPSA) is 102 Å². The first-order valence-electron chi connectivity index (χ1n) is 8.81. The average molecular weight is 356 g/mol. The van der Waals surface area contributed by atoms with Crippen LogP contribution in [0.25, 0.3) is 0 Å². The van der Waals surface area contributed by atoms with Crippen molar-refractivity contribution in [3.05, 3.63) is 0 Å². The van der Waals surface area contributed by atoms with Crippen LogP contribution in [0.4, 0.5) is 0 Å². The molecule has 1 saturated carbocycles. The molecule has 0 aromatic rings. The number of rotatable bonds is 3. The van der Waals surface area contributed by atoms with Crippen molar-refractivity contribution in [1.29, 1.82) is 0 Å². The summed E-state index contributed by atoms with van der Waals surface area (Å²) in [5, 5.41) is 19.4. The molecule has 0 aromatic carbocycles. The van der Waals surface area contributed by atoms with Crippen LogP contribution in [0.1, 0.15) is 53.9 Å². The fraction of sp³-hybridized carbons (Fsp3) is 0.889. The Bertz CT molecular complexity index is 578. The molecule has 3 rings (SSSR count). The zero-order valence-corrected chi connectivity index (χ0v) is 15.4. The number of ether oxygens (including phenoxy) is 3. The number of hydrogen-bond acceptors (Lipinski definition) is 7. The van der Waals surface area contributed by atoms with Crippen LogP contribution in [0.2, 0.25) is 0 Å². The van der Waals surface area contributed by atoms with E-state index in [1.807, 2.05) is 13.8 Å². The lowest BCUT2D eigenvalue weighted by atomic mass is 9.47. The Labute approximate surface area is 147 Å². The second kappa shape index (κ2) is 5.66. The van der Waals surface area contributed by atoms with Gasteiger partial charge in [-0.3, -0.25) is 4.79 Å². The molecule has 2 N–H and O–H groups in total. The van der Waals surface area contributed by atoms with Gasteiger partial charge in [0.2, 0.25) is 6.10 Å². The molecule has 7 heteroatoms. The Morgan fingerprint density at radius 2 is 1.88 bits per heavy atom. The van der Waals surface area contributed by atoms with Crippen LogP contribution in [-0.4, -0.2) is 52.9 Å². The van der Waals surface area contributed by atoms with E-state index in [9.17, 15) is 19.8 Å². The van der Waals surface area contributed by atoms with Gasteiger partial charge >= 0.3 is 11.9 Å². The first-order valence-corrected chi connectivity index (χ1v) is 8.81. The van der Waals surface area contributed by atoms with Gasteiger partial charge in [-0.05, 0) is 30.1 Å². The average Bonchev–Trinajstić information content (AvgIpc) is 2.92. The number of hydrogen-bond donors (Lipinski definition) is 2. The third-order valence-corrected chi connectivity index (χ3v) is 5.96. The van der Waals surface area contributed by atoms with Crippen molar-refractivity contribution in [2.75, 3.05) is 0 Å². The standard InChI is InChI=1S/C18H28O7/c1-16(2,3)8-18(7-6-17(18,4)5)15(22)25-12-11-10(23-14(12)21)9(19)13(20)24-11/h9-13,19-20H,6-8H2,1-5H3. The molecule has 0 aromatic heterocycles. The first kappa shape index (κ1) is 18.6. The molecule has 1 aliphatic carbocycles. The Morgan fingerprint density at radius 1 is 1.24 bits per heavy atom. The Hall–Kier alpha value is -1.18. The lowest BCUT2D eigenvalue weighted by Crippen LogP contribution is -2.56. The lowest BCUT2D eigenvalue weighted by Gasteiger charge is -2.56. The van der Waals surface area contributed by atoms with Crippen molar-refractivity contribution in [1.82, 2.24) is 0 Å². The van der Waals surface area contributed by atoms with Gasteiger partial charge in [-0.25, -0.2) is 4.79 Å². The summed E-state index contributed by atoms with van der Waals surface area (Å²) >= 11 is 0. The molecule has 0 amide bonds. The summed E-state index contributed by atoms with van der Waals surface area (Å²) in [5.74, 6) is -1.17. The van der Waals surface area contributed by atoms with Gasteiger partial charge in [0.1, 0.15) is 12.2 Å². The van der Waals surface area contributed by atoms with Gasteiger partial charge in [-0.2, -0.15) is 0 Å². The molecule has 3 fully saturated rings. The number of esters is 2. The van der Waals surface area contributed by atoms with Gasteiger partial charge < -0.3 is 24.4 Å². The van der Waals surface area contributed by atoms with Crippen molar-refractivity contribution in [3.8, 4) is 0 Å². The molecule has 2 heterocycles. The molecule has 0 bridgehead atoms. The maximum absolute atomic E-state index is 13.1. The summed E-state index contributed by atoms with van der Waals surface area (Å²) in [5.41, 5.74) is -0.972. The highest BCUT2D eigenvalue weighted by atomic mass is 16.7. The molecule has 142 valence electrons. The molecular weight excluding hydrogens is 328 g/mol. The van der Waals surface area contributed by atoms with E-state index in [0.717, 1.165) is 6.42 Å². The zero-order chi connectivity index (χ0) is 18.8. The summed E-state index contributed by atoms with van der Waals surface area (Å²) in [6.45, 7) is 10.3. The molecule has 7 nitrogen and oxygen atoms in total. The highest BCUT2D eigenvalue weighted by Gasteiger charge is 2.63. The third kappa shape index (κ3) is 2.86. The predicted molar refractivity (Wildman–Crippen MR) is 86.2 cm³/mol. The largest absolute Gasteiger partial charge is 0.454 e. The minimum atomic E-state index is -1.45. The van der Waals surface area contributed by atoms with Gasteiger partial charge in [0.05, 0.1) is 5.41 Å². The van der Waals surface area contributed by atoms with Gasteiger partial charge in [-0.1, -0.05) is 34.6 Å². The molecule has 0 radical (unpaired) electrons. The second-order valence-corrected chi connectivity index (χ2v) is 9.41. The Balaban J connectivity index is 1.79. The summed E-state index contributed by atoms with van der Waals surface area (Å²) in [4.78, 5) is 25.2. The molecule has 6 atom stereocenters. The first-order chi connectivity index (χ1) is 11.4. The van der Waals surface area contributed by atoms with E-state index in [4.69, 9.17) is 14.2 Å². The van der Waals surface area contributed by atoms with E-state index in [2.05, 4.69) is 20.8 Å². The minimum Gasteiger partial charge on any atom is -0.454 e. The number of fused-ring (bicyclic) bond motifs is 1. The number of aliphatic hydroxyl groups excluding tert-OH is 2. The van der Waals surface area contributed by atoms with Gasteiger partial charge in [0.25, 0.3) is 0 Å². The molecule has 3 aliphatic rings. The maximum atomic E-state index is 13.1. The number of aliphatic hydroxyl groups is 2. The number of carbonyl (C=O) groups is 2. The molecule has 2 aliphatic heterocycles. The quantitative estimate of drug-likeness (QED) is 0.731. The molecule has 2 saturated heterocycles. The Kier molecular flexibility index (Phi) is 4.21. The fourth-order valence-corrected chi connectivity index (χ4v) is 4.34. The Morgan fingerprint density at radius 3 is 2.36 bits per heavy atom. The minimum absolute atomic E-state index is 0.0777. The monoisotopic (exact) mass is 356 g/mol. The maximum Gasteiger partial charge on any atom is 0.350 e. The lowest BCUT2D eigenvalue weighted by molar-refractivity contribution is -0.202. The molecule has 6 unspecified atom stereocenters. The fourth-order valence-electron chi connectivity index (χ4n) is 4.34. The molecule has 0 spiro atoms. The summed E-state index contributed by atoms with van der Waals surface area (Å²) in [7, 11) is 0. The van der Waals surface area contributed by atoms with Gasteiger partial charge in [0, 0.05) is 0 Å². The van der Waals surface area contributed by atoms with Gasteiger partial charge in [0.15, 0.2) is 12.4 Å². The normalized spacial score (nSPS) is 42.5. The highest BCUT2D eigenvalue weighted by molar-refractivity contribution is 5.85. The summed E-state index contributed by atoms with van der Waals surface area (Å²) < 4.78 is 15.8. The third-order valence-electron chi connectivity index (χ3n) is 5.96. The van der Waals surface area contributed by atoms with Crippen LogP contribution in [-0.2, 0) is 23.8 Å². The smallest absolute Gasteiger partial charge is 0.350 e. The van der Waals surface area contributed by atoms with E-state index in [1.165, 1.54) is 0 Å². The van der Waals surface area contributed by atoms with Crippen LogP contribution in [0.3, 0.4) is 0 Å². The van der Waals surface area contributed by atoms with Crippen molar-refractivity contribution in [3.63, 3.8) is 0 Å². The van der Waals surface area contributed by atoms with E-state index >= 15 is 0 Å². The zero-order valence-electron chi connectivity index (χ0n) is 15.4. The predicted octanol–water partition coefficient (Wildman–Crippen LogP) is 1.14. The van der Waals surface area contributed by atoms with Crippen LogP contribution < -0.4 is 0 Å². The van der Waals surface area contributed by atoms with Crippen molar-refractivity contribution in [2.45, 2.75) is 84.6 Å². The summed E-state index contributed by atoms with van der Waals surface area (Å²) in [6.07, 6.45) is -3.75. The van der Waals surface area contributed by atoms with Gasteiger partial charge in [-0.15, -0.1) is 0 Å². The molecule has 25 heavy (non-hydrogen) atoms. The van der Waals surface area contributed by atoms with Crippen molar-refractivity contribution >= 4 is 11.9 Å². The van der Waals surface area contributed by atoms with E-state index < -0.39 is 48.1 Å². The number of carbonyl (C=O) groups excluding carboxylic acids is 2. The van der Waals surface area contributed by atoms with Crippen molar-refractivity contribution < 1.29 is 34.0 Å². The summed E-state index contributed by atoms with van der Waals surface area (Å²) in [6, 6.07) is 0. The van der Waals surface area contributed by atoms with Crippen LogP contribution in [0.15, 0.2) is 0 Å². The van der Waals surface area contributed by atoms with Crippen LogP contribution >= 0.6 is 0 Å². The van der Waals surface area contributed by atoms with Crippen LogP contribution in [0.5, 0.6) is 0 Å². The van der Waals surface area contributed by atoms with Crippen molar-refractivity contribution in [2.24, 2.45) is 16.2 Å². The van der Waals surface area contributed by atoms with E-state index in [-0.39, 0.29) is 10.8 Å². The highest BCUT2D eigenvalue weighted by Crippen LogP contribution is 2.62.